The molecule has 26 heavy (non-hydrogen) atoms. The molecule has 0 spiro atoms. The second kappa shape index (κ2) is 7.68. The minimum absolute atomic E-state index is 0.238. The highest BCUT2D eigenvalue weighted by atomic mass is 35.5. The molecule has 0 aliphatic rings. The molecular formula is C18H12Cl2FN3O2. The van der Waals surface area contributed by atoms with Crippen LogP contribution in [0.2, 0.25) is 10.0 Å². The molecule has 1 N–H and O–H groups in total. The molecule has 0 radical (unpaired) electrons. The molecule has 3 aromatic rings. The van der Waals surface area contributed by atoms with Crippen LogP contribution in [-0.2, 0) is 11.3 Å². The van der Waals surface area contributed by atoms with Crippen molar-refractivity contribution in [1.29, 1.82) is 0 Å². The molecule has 132 valence electrons. The zero-order chi connectivity index (χ0) is 18.7. The summed E-state index contributed by atoms with van der Waals surface area (Å²) in [4.78, 5) is 24.2. The van der Waals surface area contributed by atoms with Crippen LogP contribution in [0.5, 0.6) is 0 Å². The van der Waals surface area contributed by atoms with Gasteiger partial charge < -0.3 is 5.32 Å². The molecule has 0 saturated carbocycles. The first-order valence-corrected chi connectivity index (χ1v) is 8.27. The van der Waals surface area contributed by atoms with E-state index >= 15 is 0 Å². The highest BCUT2D eigenvalue weighted by molar-refractivity contribution is 6.36. The van der Waals surface area contributed by atoms with Crippen molar-refractivity contribution in [1.82, 2.24) is 9.78 Å². The van der Waals surface area contributed by atoms with Gasteiger partial charge in [-0.3, -0.25) is 9.59 Å². The predicted molar refractivity (Wildman–Crippen MR) is 99.0 cm³/mol. The quantitative estimate of drug-likeness (QED) is 0.730. The third kappa shape index (κ3) is 4.09. The summed E-state index contributed by atoms with van der Waals surface area (Å²) in [5.41, 5.74) is 0.365. The standard InChI is InChI=1S/C18H12Cl2FN3O2/c19-11-5-6-16(13(20)9-11)22-17(25)10-24-18(26)8-7-15(23-24)12-3-1-2-4-14(12)21/h1-9H,10H2,(H,22,25). The summed E-state index contributed by atoms with van der Waals surface area (Å²) in [6.45, 7) is -0.347. The number of carbonyl (C=O) groups is 1. The lowest BCUT2D eigenvalue weighted by Gasteiger charge is -2.10. The van der Waals surface area contributed by atoms with E-state index in [1.54, 1.807) is 30.3 Å². The highest BCUT2D eigenvalue weighted by Crippen LogP contribution is 2.25. The van der Waals surface area contributed by atoms with Crippen LogP contribution in [-0.4, -0.2) is 15.7 Å². The SMILES string of the molecule is O=C(Cn1nc(-c2ccccc2F)ccc1=O)Nc1ccc(Cl)cc1Cl. The van der Waals surface area contributed by atoms with Crippen molar-refractivity contribution in [2.75, 3.05) is 5.32 Å². The molecule has 1 heterocycles. The third-order valence-corrected chi connectivity index (χ3v) is 4.06. The molecule has 5 nitrogen and oxygen atoms in total. The Morgan fingerprint density at radius 1 is 1.12 bits per heavy atom. The molecule has 0 saturated heterocycles. The van der Waals surface area contributed by atoms with Crippen molar-refractivity contribution in [3.05, 3.63) is 80.8 Å². The Hall–Kier alpha value is -2.70. The minimum Gasteiger partial charge on any atom is -0.323 e. The van der Waals surface area contributed by atoms with E-state index in [0.717, 1.165) is 4.68 Å². The third-order valence-electron chi connectivity index (χ3n) is 3.52. The Bertz CT molecular complexity index is 1040. The number of hydrogen-bond acceptors (Lipinski definition) is 3. The van der Waals surface area contributed by atoms with E-state index in [2.05, 4.69) is 10.4 Å². The molecule has 2 aromatic carbocycles. The normalized spacial score (nSPS) is 10.6. The number of carbonyl (C=O) groups excluding carboxylic acids is 1. The summed E-state index contributed by atoms with van der Waals surface area (Å²) < 4.78 is 14.9. The maximum atomic E-state index is 13.9. The lowest BCUT2D eigenvalue weighted by molar-refractivity contribution is -0.117. The van der Waals surface area contributed by atoms with Gasteiger partial charge in [-0.1, -0.05) is 35.3 Å². The Morgan fingerprint density at radius 2 is 1.88 bits per heavy atom. The molecule has 0 fully saturated rings. The van der Waals surface area contributed by atoms with Crippen molar-refractivity contribution in [3.8, 4) is 11.3 Å². The molecular weight excluding hydrogens is 380 g/mol. The molecule has 1 aromatic heterocycles. The van der Waals surface area contributed by atoms with Crippen molar-refractivity contribution in [2.24, 2.45) is 0 Å². The van der Waals surface area contributed by atoms with Crippen LogP contribution in [0.3, 0.4) is 0 Å². The number of anilines is 1. The Kier molecular flexibility index (Phi) is 5.35. The van der Waals surface area contributed by atoms with E-state index in [9.17, 15) is 14.0 Å². The van der Waals surface area contributed by atoms with Gasteiger partial charge in [-0.25, -0.2) is 9.07 Å². The summed E-state index contributed by atoms with van der Waals surface area (Å²) in [6.07, 6.45) is 0. The van der Waals surface area contributed by atoms with Crippen LogP contribution in [0.25, 0.3) is 11.3 Å². The van der Waals surface area contributed by atoms with Gasteiger partial charge in [0.25, 0.3) is 5.56 Å². The van der Waals surface area contributed by atoms with E-state index in [4.69, 9.17) is 23.2 Å². The maximum Gasteiger partial charge on any atom is 0.267 e. The van der Waals surface area contributed by atoms with Crippen LogP contribution in [0.1, 0.15) is 0 Å². The highest BCUT2D eigenvalue weighted by Gasteiger charge is 2.12. The van der Waals surface area contributed by atoms with Crippen molar-refractivity contribution in [3.63, 3.8) is 0 Å². The van der Waals surface area contributed by atoms with Crippen molar-refractivity contribution >= 4 is 34.8 Å². The van der Waals surface area contributed by atoms with Crippen molar-refractivity contribution < 1.29 is 9.18 Å². The smallest absolute Gasteiger partial charge is 0.267 e. The van der Waals surface area contributed by atoms with E-state index in [1.165, 1.54) is 24.3 Å². The topological polar surface area (TPSA) is 64.0 Å². The van der Waals surface area contributed by atoms with Gasteiger partial charge in [0.1, 0.15) is 12.4 Å². The second-order valence-corrected chi connectivity index (χ2v) is 6.21. The first-order valence-electron chi connectivity index (χ1n) is 7.52. The van der Waals surface area contributed by atoms with E-state index in [-0.39, 0.29) is 22.8 Å². The molecule has 0 aliphatic heterocycles. The average Bonchev–Trinajstić information content (AvgIpc) is 2.60. The summed E-state index contributed by atoms with van der Waals surface area (Å²) in [5.74, 6) is -0.975. The lowest BCUT2D eigenvalue weighted by atomic mass is 10.1. The number of aromatic nitrogens is 2. The van der Waals surface area contributed by atoms with E-state index < -0.39 is 17.3 Å². The fraction of sp³-hybridized carbons (Fsp3) is 0.0556. The maximum absolute atomic E-state index is 13.9. The molecule has 0 unspecified atom stereocenters. The van der Waals surface area contributed by atoms with Crippen LogP contribution in [0.4, 0.5) is 10.1 Å². The number of amides is 1. The fourth-order valence-electron chi connectivity index (χ4n) is 2.29. The van der Waals surface area contributed by atoms with Crippen LogP contribution < -0.4 is 10.9 Å². The number of nitrogens with one attached hydrogen (secondary N) is 1. The van der Waals surface area contributed by atoms with Gasteiger partial charge in [-0.2, -0.15) is 5.10 Å². The monoisotopic (exact) mass is 391 g/mol. The zero-order valence-corrected chi connectivity index (χ0v) is 14.8. The number of rotatable bonds is 4. The minimum atomic E-state index is -0.505. The number of nitrogens with zero attached hydrogens (tertiary/aromatic N) is 2. The number of benzene rings is 2. The van der Waals surface area contributed by atoms with Crippen molar-refractivity contribution in [2.45, 2.75) is 6.54 Å². The van der Waals surface area contributed by atoms with Gasteiger partial charge in [0.05, 0.1) is 16.4 Å². The zero-order valence-electron chi connectivity index (χ0n) is 13.2. The molecule has 3 rings (SSSR count). The van der Waals surface area contributed by atoms with Crippen LogP contribution >= 0.6 is 23.2 Å². The van der Waals surface area contributed by atoms with E-state index in [1.807, 2.05) is 0 Å². The van der Waals surface area contributed by atoms with E-state index in [0.29, 0.717) is 10.7 Å². The predicted octanol–water partition coefficient (Wildman–Crippen LogP) is 3.99. The Balaban J connectivity index is 1.83. The van der Waals surface area contributed by atoms with Crippen LogP contribution in [0.15, 0.2) is 59.4 Å². The average molecular weight is 392 g/mol. The second-order valence-electron chi connectivity index (χ2n) is 5.37. The van der Waals surface area contributed by atoms with Gasteiger partial charge in [0, 0.05) is 16.7 Å². The molecule has 0 atom stereocenters. The summed E-state index contributed by atoms with van der Waals surface area (Å²) in [5, 5.41) is 7.35. The van der Waals surface area contributed by atoms with Gasteiger partial charge >= 0.3 is 0 Å². The summed E-state index contributed by atoms with van der Waals surface area (Å²) in [6, 6.07) is 13.3. The van der Waals surface area contributed by atoms with Gasteiger partial charge in [0.2, 0.25) is 5.91 Å². The van der Waals surface area contributed by atoms with Gasteiger partial charge in [-0.15, -0.1) is 0 Å². The first kappa shape index (κ1) is 18.1. The molecule has 1 amide bonds. The Morgan fingerprint density at radius 3 is 2.62 bits per heavy atom. The molecule has 0 aliphatic carbocycles. The van der Waals surface area contributed by atoms with Gasteiger partial charge in [-0.05, 0) is 36.4 Å². The number of hydrogen-bond donors (Lipinski definition) is 1. The fourth-order valence-corrected chi connectivity index (χ4v) is 2.75. The summed E-state index contributed by atoms with van der Waals surface area (Å²) >= 11 is 11.8. The molecule has 0 bridgehead atoms. The summed E-state index contributed by atoms with van der Waals surface area (Å²) in [7, 11) is 0. The van der Waals surface area contributed by atoms with Gasteiger partial charge in [0.15, 0.2) is 0 Å². The molecule has 8 heteroatoms. The lowest BCUT2D eigenvalue weighted by Crippen LogP contribution is -2.29. The first-order chi connectivity index (χ1) is 12.4. The number of halogens is 3. The Labute approximate surface area is 158 Å². The largest absolute Gasteiger partial charge is 0.323 e. The van der Waals surface area contributed by atoms with Crippen LogP contribution in [0, 0.1) is 5.82 Å².